The van der Waals surface area contributed by atoms with E-state index in [1.165, 1.54) is 10.5 Å². The Morgan fingerprint density at radius 3 is 2.45 bits per heavy atom. The van der Waals surface area contributed by atoms with Gasteiger partial charge in [-0.2, -0.15) is 0 Å². The van der Waals surface area contributed by atoms with E-state index in [1.54, 1.807) is 0 Å². The molecule has 4 rings (SSSR count). The molecular formula is C27H31NO5. The largest absolute Gasteiger partial charge is 0.470 e. The normalized spacial score (nSPS) is 18.2. The molecule has 2 aromatic carbocycles. The van der Waals surface area contributed by atoms with Crippen LogP contribution < -0.4 is 9.47 Å². The third-order valence-electron chi connectivity index (χ3n) is 6.07. The standard InChI is InChI=1S/C27H31NO5/c1-27(2,3)25(29)33-21-14-15-23-19(17-21)7-4-5-8-22(23)18-10-12-20(13-11-18)32-24-9-6-16-28(24)26(30)31/h8,10-15,17,24H,4-7,9,16H2,1-3H3,(H,30,31). The van der Waals surface area contributed by atoms with Crippen molar-refractivity contribution in [1.82, 2.24) is 4.90 Å². The van der Waals surface area contributed by atoms with Crippen molar-refractivity contribution in [2.75, 3.05) is 6.54 Å². The van der Waals surface area contributed by atoms with Crippen LogP contribution in [0.25, 0.3) is 5.57 Å². The van der Waals surface area contributed by atoms with Crippen molar-refractivity contribution < 1.29 is 24.2 Å². The van der Waals surface area contributed by atoms with Gasteiger partial charge in [0.25, 0.3) is 0 Å². The van der Waals surface area contributed by atoms with Crippen LogP contribution in [0, 0.1) is 5.41 Å². The quantitative estimate of drug-likeness (QED) is 0.466. The Bertz CT molecular complexity index is 1060. The van der Waals surface area contributed by atoms with E-state index in [4.69, 9.17) is 9.47 Å². The predicted octanol–water partition coefficient (Wildman–Crippen LogP) is 5.88. The summed E-state index contributed by atoms with van der Waals surface area (Å²) in [5.74, 6) is 1.00. The summed E-state index contributed by atoms with van der Waals surface area (Å²) in [7, 11) is 0. The number of carboxylic acid groups (broad SMARTS) is 1. The highest BCUT2D eigenvalue weighted by molar-refractivity contribution is 5.83. The van der Waals surface area contributed by atoms with Crippen molar-refractivity contribution >= 4 is 17.6 Å². The van der Waals surface area contributed by atoms with Crippen molar-refractivity contribution in [1.29, 1.82) is 0 Å². The fraction of sp³-hybridized carbons (Fsp3) is 0.407. The van der Waals surface area contributed by atoms with E-state index in [1.807, 2.05) is 63.2 Å². The van der Waals surface area contributed by atoms with Crippen LogP contribution in [0.2, 0.25) is 0 Å². The summed E-state index contributed by atoms with van der Waals surface area (Å²) >= 11 is 0. The van der Waals surface area contributed by atoms with Crippen molar-refractivity contribution in [3.63, 3.8) is 0 Å². The molecule has 1 fully saturated rings. The van der Waals surface area contributed by atoms with E-state index < -0.39 is 17.7 Å². The Morgan fingerprint density at radius 1 is 1.03 bits per heavy atom. The number of ether oxygens (including phenoxy) is 2. The lowest BCUT2D eigenvalue weighted by Crippen LogP contribution is -2.37. The molecule has 1 N–H and O–H groups in total. The first-order valence-corrected chi connectivity index (χ1v) is 11.5. The fourth-order valence-corrected chi connectivity index (χ4v) is 4.23. The van der Waals surface area contributed by atoms with E-state index >= 15 is 0 Å². The van der Waals surface area contributed by atoms with Crippen LogP contribution in [0.5, 0.6) is 11.5 Å². The highest BCUT2D eigenvalue weighted by Crippen LogP contribution is 2.34. The molecule has 174 valence electrons. The third-order valence-corrected chi connectivity index (χ3v) is 6.07. The zero-order valence-electron chi connectivity index (χ0n) is 19.5. The van der Waals surface area contributed by atoms with Gasteiger partial charge < -0.3 is 14.6 Å². The van der Waals surface area contributed by atoms with Gasteiger partial charge in [-0.25, -0.2) is 4.79 Å². The zero-order valence-corrected chi connectivity index (χ0v) is 19.5. The van der Waals surface area contributed by atoms with E-state index in [0.717, 1.165) is 42.4 Å². The molecule has 1 aliphatic carbocycles. The maximum atomic E-state index is 12.3. The number of nitrogens with zero attached hydrogens (tertiary/aromatic N) is 1. The number of amides is 1. The van der Waals surface area contributed by atoms with Gasteiger partial charge >= 0.3 is 12.1 Å². The fourth-order valence-electron chi connectivity index (χ4n) is 4.23. The monoisotopic (exact) mass is 449 g/mol. The summed E-state index contributed by atoms with van der Waals surface area (Å²) in [4.78, 5) is 25.0. The number of hydrogen-bond acceptors (Lipinski definition) is 4. The second-order valence-electron chi connectivity index (χ2n) is 9.68. The van der Waals surface area contributed by atoms with Gasteiger partial charge in [0.1, 0.15) is 11.5 Å². The van der Waals surface area contributed by atoms with Crippen molar-refractivity contribution in [2.24, 2.45) is 5.41 Å². The molecule has 1 heterocycles. The Balaban J connectivity index is 1.53. The minimum absolute atomic E-state index is 0.244. The number of aryl methyl sites for hydroxylation is 1. The summed E-state index contributed by atoms with van der Waals surface area (Å²) in [5, 5.41) is 9.31. The van der Waals surface area contributed by atoms with Gasteiger partial charge in [-0.3, -0.25) is 9.69 Å². The van der Waals surface area contributed by atoms with E-state index in [0.29, 0.717) is 24.5 Å². The number of esters is 1. The molecule has 2 aromatic rings. The Labute approximate surface area is 194 Å². The average molecular weight is 450 g/mol. The van der Waals surface area contributed by atoms with Gasteiger partial charge in [0.15, 0.2) is 6.23 Å². The first kappa shape index (κ1) is 22.9. The lowest BCUT2D eigenvalue weighted by Gasteiger charge is -2.22. The van der Waals surface area contributed by atoms with Gasteiger partial charge in [-0.05, 0) is 93.0 Å². The van der Waals surface area contributed by atoms with Gasteiger partial charge in [-0.15, -0.1) is 0 Å². The molecule has 0 saturated carbocycles. The summed E-state index contributed by atoms with van der Waals surface area (Å²) in [6, 6.07) is 13.7. The molecule has 0 aromatic heterocycles. The highest BCUT2D eigenvalue weighted by atomic mass is 16.5. The molecule has 1 unspecified atom stereocenters. The van der Waals surface area contributed by atoms with Crippen LogP contribution in [0.1, 0.15) is 63.1 Å². The average Bonchev–Trinajstić information content (AvgIpc) is 3.13. The lowest BCUT2D eigenvalue weighted by molar-refractivity contribution is -0.143. The van der Waals surface area contributed by atoms with Crippen molar-refractivity contribution in [3.05, 3.63) is 65.2 Å². The first-order valence-electron chi connectivity index (χ1n) is 11.5. The minimum atomic E-state index is -0.943. The summed E-state index contributed by atoms with van der Waals surface area (Å²) in [6.45, 7) is 6.05. The van der Waals surface area contributed by atoms with Crippen LogP contribution in [-0.2, 0) is 11.2 Å². The lowest BCUT2D eigenvalue weighted by atomic mass is 9.93. The minimum Gasteiger partial charge on any atom is -0.470 e. The van der Waals surface area contributed by atoms with Gasteiger partial charge in [-0.1, -0.05) is 24.3 Å². The zero-order chi connectivity index (χ0) is 23.6. The molecule has 1 atom stereocenters. The third kappa shape index (κ3) is 5.21. The SMILES string of the molecule is CC(C)(C)C(=O)Oc1ccc2c(c1)CCCC=C2c1ccc(OC2CCCN2C(=O)O)cc1. The van der Waals surface area contributed by atoms with Gasteiger partial charge in [0.2, 0.25) is 0 Å². The van der Waals surface area contributed by atoms with E-state index in [-0.39, 0.29) is 5.97 Å². The number of carbonyl (C=O) groups is 2. The smallest absolute Gasteiger partial charge is 0.410 e. The molecule has 1 amide bonds. The van der Waals surface area contributed by atoms with Crippen LogP contribution in [0.3, 0.4) is 0 Å². The van der Waals surface area contributed by atoms with Gasteiger partial charge in [0.05, 0.1) is 5.41 Å². The molecule has 6 heteroatoms. The molecule has 6 nitrogen and oxygen atoms in total. The number of likely N-dealkylation sites (tertiary alicyclic amines) is 1. The predicted molar refractivity (Wildman–Crippen MR) is 126 cm³/mol. The molecular weight excluding hydrogens is 418 g/mol. The Kier molecular flexibility index (Phi) is 6.45. The van der Waals surface area contributed by atoms with Crippen LogP contribution in [-0.4, -0.2) is 34.8 Å². The highest BCUT2D eigenvalue weighted by Gasteiger charge is 2.30. The number of fused-ring (bicyclic) bond motifs is 1. The van der Waals surface area contributed by atoms with Crippen LogP contribution >= 0.6 is 0 Å². The van der Waals surface area contributed by atoms with Crippen molar-refractivity contribution in [3.8, 4) is 11.5 Å². The van der Waals surface area contributed by atoms with Gasteiger partial charge in [0, 0.05) is 13.0 Å². The molecule has 0 spiro atoms. The van der Waals surface area contributed by atoms with E-state index in [2.05, 4.69) is 6.08 Å². The molecule has 1 aliphatic heterocycles. The number of allylic oxidation sites excluding steroid dienone is 1. The maximum absolute atomic E-state index is 12.3. The molecule has 0 bridgehead atoms. The van der Waals surface area contributed by atoms with Crippen molar-refractivity contribution in [2.45, 2.75) is 59.1 Å². The summed E-state index contributed by atoms with van der Waals surface area (Å²) in [5.41, 5.74) is 3.98. The van der Waals surface area contributed by atoms with Crippen LogP contribution in [0.15, 0.2) is 48.5 Å². The molecule has 2 aliphatic rings. The molecule has 1 saturated heterocycles. The molecule has 33 heavy (non-hydrogen) atoms. The summed E-state index contributed by atoms with van der Waals surface area (Å²) in [6.07, 6.45) is 5.31. The second-order valence-corrected chi connectivity index (χ2v) is 9.68. The summed E-state index contributed by atoms with van der Waals surface area (Å²) < 4.78 is 11.6. The van der Waals surface area contributed by atoms with E-state index in [9.17, 15) is 14.7 Å². The topological polar surface area (TPSA) is 76.1 Å². The maximum Gasteiger partial charge on any atom is 0.410 e. The number of rotatable bonds is 4. The number of benzene rings is 2. The number of carbonyl (C=O) groups excluding carboxylic acids is 1. The molecule has 0 radical (unpaired) electrons. The second kappa shape index (κ2) is 9.30. The Morgan fingerprint density at radius 2 is 1.76 bits per heavy atom. The Hall–Kier alpha value is -3.28. The number of hydrogen-bond donors (Lipinski definition) is 1. The van der Waals surface area contributed by atoms with Crippen LogP contribution in [0.4, 0.5) is 4.79 Å². The first-order chi connectivity index (χ1) is 15.7.